The average molecular weight is 443 g/mol. The first kappa shape index (κ1) is 22.5. The Kier molecular flexibility index (Phi) is 7.06. The van der Waals surface area contributed by atoms with E-state index in [0.717, 1.165) is 16.7 Å². The minimum atomic E-state index is -3.45. The first-order chi connectivity index (χ1) is 14.7. The molecule has 0 spiro atoms. The molecule has 164 valence electrons. The molecule has 0 radical (unpaired) electrons. The van der Waals surface area contributed by atoms with Crippen molar-refractivity contribution in [1.82, 2.24) is 15.5 Å². The zero-order chi connectivity index (χ0) is 22.4. The summed E-state index contributed by atoms with van der Waals surface area (Å²) in [4.78, 5) is 16.5. The number of anilines is 1. The van der Waals surface area contributed by atoms with E-state index >= 15 is 0 Å². The summed E-state index contributed by atoms with van der Waals surface area (Å²) in [7, 11) is -3.45. The second-order valence-corrected chi connectivity index (χ2v) is 9.29. The van der Waals surface area contributed by atoms with Crippen LogP contribution in [0.2, 0.25) is 0 Å². The molecular weight excluding hydrogens is 416 g/mol. The van der Waals surface area contributed by atoms with E-state index < -0.39 is 10.0 Å². The maximum atomic E-state index is 12.2. The van der Waals surface area contributed by atoms with Crippen molar-refractivity contribution in [3.8, 4) is 11.4 Å². The SMILES string of the molecule is Cc1cccc(-c2noc(CNC(=O)CCCN(c3ccccc3C)S(C)(=O)=O)n2)c1. The van der Waals surface area contributed by atoms with Gasteiger partial charge in [-0.1, -0.05) is 47.1 Å². The molecule has 1 heterocycles. The van der Waals surface area contributed by atoms with Gasteiger partial charge in [-0.15, -0.1) is 0 Å². The number of para-hydroxylation sites is 1. The predicted molar refractivity (Wildman–Crippen MR) is 119 cm³/mol. The number of aromatic nitrogens is 2. The van der Waals surface area contributed by atoms with Crippen molar-refractivity contribution in [3.63, 3.8) is 0 Å². The maximum Gasteiger partial charge on any atom is 0.246 e. The van der Waals surface area contributed by atoms with Gasteiger partial charge in [0.05, 0.1) is 18.5 Å². The lowest BCUT2D eigenvalue weighted by molar-refractivity contribution is -0.121. The monoisotopic (exact) mass is 442 g/mol. The third-order valence-corrected chi connectivity index (χ3v) is 5.91. The Bertz CT molecular complexity index is 1160. The lowest BCUT2D eigenvalue weighted by atomic mass is 10.1. The van der Waals surface area contributed by atoms with Crippen LogP contribution in [0.1, 0.15) is 29.9 Å². The van der Waals surface area contributed by atoms with Crippen LogP contribution >= 0.6 is 0 Å². The molecule has 0 saturated carbocycles. The standard InChI is InChI=1S/C22H26N4O4S/c1-16-8-6-10-18(14-16)22-24-21(30-25-22)15-23-20(27)12-7-13-26(31(3,28)29)19-11-5-4-9-17(19)2/h4-6,8-11,14H,7,12-13,15H2,1-3H3,(H,23,27). The number of carbonyl (C=O) groups excluding carboxylic acids is 1. The highest BCUT2D eigenvalue weighted by Gasteiger charge is 2.19. The van der Waals surface area contributed by atoms with Crippen molar-refractivity contribution in [2.24, 2.45) is 0 Å². The Morgan fingerprint density at radius 3 is 2.61 bits per heavy atom. The van der Waals surface area contributed by atoms with Gasteiger partial charge in [0, 0.05) is 18.5 Å². The Morgan fingerprint density at radius 2 is 1.90 bits per heavy atom. The third-order valence-electron chi connectivity index (χ3n) is 4.73. The molecule has 0 aliphatic heterocycles. The van der Waals surface area contributed by atoms with Crippen molar-refractivity contribution in [1.29, 1.82) is 0 Å². The van der Waals surface area contributed by atoms with Gasteiger partial charge in [-0.3, -0.25) is 9.10 Å². The number of hydrogen-bond donors (Lipinski definition) is 1. The van der Waals surface area contributed by atoms with Crippen molar-refractivity contribution < 1.29 is 17.7 Å². The van der Waals surface area contributed by atoms with Crippen LogP contribution in [0.5, 0.6) is 0 Å². The highest BCUT2D eigenvalue weighted by Crippen LogP contribution is 2.22. The fourth-order valence-electron chi connectivity index (χ4n) is 3.18. The van der Waals surface area contributed by atoms with Crippen molar-refractivity contribution >= 4 is 21.6 Å². The first-order valence-electron chi connectivity index (χ1n) is 9.94. The molecule has 2 aromatic carbocycles. The Balaban J connectivity index is 1.52. The van der Waals surface area contributed by atoms with Crippen molar-refractivity contribution in [2.45, 2.75) is 33.2 Å². The number of amides is 1. The third kappa shape index (κ3) is 6.14. The lowest BCUT2D eigenvalue weighted by Crippen LogP contribution is -2.32. The second-order valence-electron chi connectivity index (χ2n) is 7.38. The molecule has 0 aliphatic carbocycles. The van der Waals surface area contributed by atoms with E-state index in [1.54, 1.807) is 12.1 Å². The molecule has 8 nitrogen and oxygen atoms in total. The molecule has 1 aromatic heterocycles. The minimum Gasteiger partial charge on any atom is -0.347 e. The van der Waals surface area contributed by atoms with E-state index in [0.29, 0.717) is 23.8 Å². The molecular formula is C22H26N4O4S. The topological polar surface area (TPSA) is 105 Å². The van der Waals surface area contributed by atoms with E-state index in [1.807, 2.05) is 50.2 Å². The van der Waals surface area contributed by atoms with Gasteiger partial charge in [0.1, 0.15) is 0 Å². The summed E-state index contributed by atoms with van der Waals surface area (Å²) in [5.41, 5.74) is 3.42. The van der Waals surface area contributed by atoms with Gasteiger partial charge < -0.3 is 9.84 Å². The zero-order valence-corrected chi connectivity index (χ0v) is 18.6. The Hall–Kier alpha value is -3.20. The fraction of sp³-hybridized carbons (Fsp3) is 0.318. The second kappa shape index (κ2) is 9.74. The molecule has 0 bridgehead atoms. The van der Waals surface area contributed by atoms with Crippen LogP contribution in [0.4, 0.5) is 5.69 Å². The Labute approximate surface area is 182 Å². The molecule has 0 unspecified atom stereocenters. The normalized spacial score (nSPS) is 11.3. The van der Waals surface area contributed by atoms with Crippen molar-refractivity contribution in [3.05, 3.63) is 65.5 Å². The van der Waals surface area contributed by atoms with Crippen LogP contribution in [0, 0.1) is 13.8 Å². The first-order valence-corrected chi connectivity index (χ1v) is 11.8. The highest BCUT2D eigenvalue weighted by molar-refractivity contribution is 7.92. The highest BCUT2D eigenvalue weighted by atomic mass is 32.2. The van der Waals surface area contributed by atoms with Crippen LogP contribution in [0.3, 0.4) is 0 Å². The number of sulfonamides is 1. The predicted octanol–water partition coefficient (Wildman–Crippen LogP) is 3.22. The summed E-state index contributed by atoms with van der Waals surface area (Å²) in [6.07, 6.45) is 1.73. The molecule has 3 aromatic rings. The largest absolute Gasteiger partial charge is 0.347 e. The maximum absolute atomic E-state index is 12.2. The number of nitrogens with one attached hydrogen (secondary N) is 1. The summed E-state index contributed by atoms with van der Waals surface area (Å²) in [5, 5.41) is 6.68. The summed E-state index contributed by atoms with van der Waals surface area (Å²) in [6, 6.07) is 15.0. The van der Waals surface area contributed by atoms with Crippen molar-refractivity contribution in [2.75, 3.05) is 17.1 Å². The smallest absolute Gasteiger partial charge is 0.246 e. The molecule has 1 amide bonds. The summed E-state index contributed by atoms with van der Waals surface area (Å²) in [5.74, 6) is 0.561. The number of carbonyl (C=O) groups is 1. The Morgan fingerprint density at radius 1 is 1.13 bits per heavy atom. The summed E-state index contributed by atoms with van der Waals surface area (Å²) >= 11 is 0. The van der Waals surface area contributed by atoms with Crippen LogP contribution in [-0.4, -0.2) is 37.3 Å². The number of aryl methyl sites for hydroxylation is 2. The van der Waals surface area contributed by atoms with Crippen LogP contribution < -0.4 is 9.62 Å². The zero-order valence-electron chi connectivity index (χ0n) is 17.8. The van der Waals surface area contributed by atoms with Gasteiger partial charge in [-0.05, 0) is 38.0 Å². The van der Waals surface area contributed by atoms with Gasteiger partial charge in [0.25, 0.3) is 0 Å². The average Bonchev–Trinajstić information content (AvgIpc) is 3.19. The van der Waals surface area contributed by atoms with E-state index in [9.17, 15) is 13.2 Å². The molecule has 1 N–H and O–H groups in total. The summed E-state index contributed by atoms with van der Waals surface area (Å²) < 4.78 is 31.0. The molecule has 3 rings (SSSR count). The van der Waals surface area contributed by atoms with Crippen LogP contribution in [0.25, 0.3) is 11.4 Å². The summed E-state index contributed by atoms with van der Waals surface area (Å²) in [6.45, 7) is 4.17. The van der Waals surface area contributed by atoms with Gasteiger partial charge in [-0.25, -0.2) is 8.42 Å². The molecule has 31 heavy (non-hydrogen) atoms. The molecule has 0 aliphatic rings. The minimum absolute atomic E-state index is 0.116. The lowest BCUT2D eigenvalue weighted by Gasteiger charge is -2.24. The molecule has 0 atom stereocenters. The number of nitrogens with zero attached hydrogens (tertiary/aromatic N) is 3. The molecule has 0 fully saturated rings. The fourth-order valence-corrected chi connectivity index (χ4v) is 4.20. The van der Waals surface area contributed by atoms with Gasteiger partial charge in [0.15, 0.2) is 0 Å². The number of rotatable bonds is 9. The van der Waals surface area contributed by atoms with Crippen LogP contribution in [-0.2, 0) is 21.4 Å². The molecule has 9 heteroatoms. The van der Waals surface area contributed by atoms with E-state index in [2.05, 4.69) is 15.5 Å². The van der Waals surface area contributed by atoms with E-state index in [-0.39, 0.29) is 25.4 Å². The van der Waals surface area contributed by atoms with E-state index in [1.165, 1.54) is 10.6 Å². The van der Waals surface area contributed by atoms with Gasteiger partial charge in [-0.2, -0.15) is 4.98 Å². The molecule has 0 saturated heterocycles. The van der Waals surface area contributed by atoms with E-state index in [4.69, 9.17) is 4.52 Å². The van der Waals surface area contributed by atoms with Gasteiger partial charge in [0.2, 0.25) is 27.6 Å². The number of benzene rings is 2. The quantitative estimate of drug-likeness (QED) is 0.545. The number of hydrogen-bond acceptors (Lipinski definition) is 6. The van der Waals surface area contributed by atoms with Crippen LogP contribution in [0.15, 0.2) is 53.1 Å². The van der Waals surface area contributed by atoms with Gasteiger partial charge >= 0.3 is 0 Å².